The molecule has 0 bridgehead atoms. The van der Waals surface area contributed by atoms with E-state index >= 15 is 0 Å². The van der Waals surface area contributed by atoms with Gasteiger partial charge in [-0.2, -0.15) is 0 Å². The number of anilines is 1. The number of aryl methyl sites for hydroxylation is 2. The molecule has 2 heterocycles. The van der Waals surface area contributed by atoms with Crippen LogP contribution >= 0.6 is 11.3 Å². The Balaban J connectivity index is 1.62. The van der Waals surface area contributed by atoms with Gasteiger partial charge in [0.05, 0.1) is 26.3 Å². The maximum absolute atomic E-state index is 12.7. The van der Waals surface area contributed by atoms with Gasteiger partial charge in [-0.1, -0.05) is 18.2 Å². The molecule has 0 atom stereocenters. The third kappa shape index (κ3) is 3.76. The van der Waals surface area contributed by atoms with Gasteiger partial charge in [0.1, 0.15) is 11.5 Å². The van der Waals surface area contributed by atoms with Gasteiger partial charge in [-0.3, -0.25) is 9.20 Å². The van der Waals surface area contributed by atoms with E-state index < -0.39 is 0 Å². The molecule has 6 nitrogen and oxygen atoms in total. The van der Waals surface area contributed by atoms with Crippen molar-refractivity contribution in [2.24, 2.45) is 0 Å². The number of thiazole rings is 1. The molecule has 0 saturated carbocycles. The van der Waals surface area contributed by atoms with Crippen LogP contribution in [0.5, 0.6) is 11.5 Å². The summed E-state index contributed by atoms with van der Waals surface area (Å²) in [6, 6.07) is 11.6. The lowest BCUT2D eigenvalue weighted by atomic mass is 10.1. The van der Waals surface area contributed by atoms with Crippen LogP contribution in [-0.4, -0.2) is 29.5 Å². The van der Waals surface area contributed by atoms with E-state index in [4.69, 9.17) is 14.5 Å². The van der Waals surface area contributed by atoms with Crippen LogP contribution in [0.25, 0.3) is 16.2 Å². The van der Waals surface area contributed by atoms with Gasteiger partial charge in [0.25, 0.3) is 0 Å². The van der Waals surface area contributed by atoms with Gasteiger partial charge < -0.3 is 14.8 Å². The first kappa shape index (κ1) is 20.0. The summed E-state index contributed by atoms with van der Waals surface area (Å²) in [6.45, 7) is 3.99. The Bertz CT molecular complexity index is 1210. The van der Waals surface area contributed by atoms with Crippen LogP contribution in [0, 0.1) is 13.8 Å². The number of methoxy groups -OCH3 is 2. The molecule has 0 aliphatic heterocycles. The Kier molecular flexibility index (Phi) is 5.46. The highest BCUT2D eigenvalue weighted by atomic mass is 32.1. The molecule has 7 heteroatoms. The van der Waals surface area contributed by atoms with E-state index in [1.165, 1.54) is 11.3 Å². The molecule has 1 N–H and O–H groups in total. The maximum atomic E-state index is 12.7. The van der Waals surface area contributed by atoms with Crippen molar-refractivity contribution in [2.45, 2.75) is 20.3 Å². The monoisotopic (exact) mass is 421 g/mol. The Morgan fingerprint density at radius 3 is 2.60 bits per heavy atom. The summed E-state index contributed by atoms with van der Waals surface area (Å²) in [4.78, 5) is 18.3. The van der Waals surface area contributed by atoms with Crippen molar-refractivity contribution in [3.8, 4) is 22.8 Å². The predicted molar refractivity (Wildman–Crippen MR) is 120 cm³/mol. The second-order valence-electron chi connectivity index (χ2n) is 7.06. The number of aromatic nitrogens is 2. The lowest BCUT2D eigenvalue weighted by molar-refractivity contribution is -0.115. The molecule has 0 radical (unpaired) electrons. The molecule has 0 aliphatic carbocycles. The van der Waals surface area contributed by atoms with E-state index in [1.54, 1.807) is 14.2 Å². The summed E-state index contributed by atoms with van der Waals surface area (Å²) in [5, 5.41) is 5.02. The number of benzene rings is 2. The largest absolute Gasteiger partial charge is 0.497 e. The third-order valence-electron chi connectivity index (χ3n) is 5.05. The fourth-order valence-electron chi connectivity index (χ4n) is 3.46. The Morgan fingerprint density at radius 2 is 1.90 bits per heavy atom. The number of hydrogen-bond donors (Lipinski definition) is 1. The van der Waals surface area contributed by atoms with Crippen molar-refractivity contribution in [1.82, 2.24) is 9.38 Å². The van der Waals surface area contributed by atoms with Crippen molar-refractivity contribution in [3.05, 3.63) is 64.8 Å². The van der Waals surface area contributed by atoms with Crippen LogP contribution in [-0.2, 0) is 11.2 Å². The van der Waals surface area contributed by atoms with E-state index in [-0.39, 0.29) is 12.3 Å². The van der Waals surface area contributed by atoms with Crippen molar-refractivity contribution in [2.75, 3.05) is 19.5 Å². The van der Waals surface area contributed by atoms with Gasteiger partial charge in [-0.25, -0.2) is 4.98 Å². The molecule has 2 aromatic carbocycles. The number of carbonyl (C=O) groups is 1. The normalized spacial score (nSPS) is 10.9. The number of para-hydroxylation sites is 1. The van der Waals surface area contributed by atoms with E-state index in [1.807, 2.05) is 66.2 Å². The van der Waals surface area contributed by atoms with Gasteiger partial charge in [0.15, 0.2) is 4.96 Å². The first-order valence-electron chi connectivity index (χ1n) is 9.54. The topological polar surface area (TPSA) is 64.9 Å². The number of hydrogen-bond acceptors (Lipinski definition) is 5. The molecule has 154 valence electrons. The van der Waals surface area contributed by atoms with Gasteiger partial charge in [-0.05, 0) is 43.2 Å². The Hall–Kier alpha value is -3.32. The average Bonchev–Trinajstić information content (AvgIpc) is 3.32. The summed E-state index contributed by atoms with van der Waals surface area (Å²) in [6.07, 6.45) is 2.20. The van der Waals surface area contributed by atoms with Gasteiger partial charge in [0, 0.05) is 28.5 Å². The maximum Gasteiger partial charge on any atom is 0.230 e. The Labute approximate surface area is 179 Å². The average molecular weight is 422 g/mol. The molecular weight excluding hydrogens is 398 g/mol. The van der Waals surface area contributed by atoms with E-state index in [0.717, 1.165) is 50.2 Å². The molecule has 0 saturated heterocycles. The molecule has 4 rings (SSSR count). The Morgan fingerprint density at radius 1 is 1.13 bits per heavy atom. The van der Waals surface area contributed by atoms with E-state index in [0.29, 0.717) is 0 Å². The van der Waals surface area contributed by atoms with Gasteiger partial charge in [0.2, 0.25) is 5.91 Å². The molecule has 0 fully saturated rings. The molecule has 30 heavy (non-hydrogen) atoms. The second-order valence-corrected chi connectivity index (χ2v) is 7.90. The number of carbonyl (C=O) groups excluding carboxylic acids is 1. The van der Waals surface area contributed by atoms with Crippen LogP contribution in [0.4, 0.5) is 5.69 Å². The number of fused-ring (bicyclic) bond motifs is 1. The number of ether oxygens (including phenoxy) is 2. The van der Waals surface area contributed by atoms with Crippen LogP contribution in [0.1, 0.15) is 16.8 Å². The van der Waals surface area contributed by atoms with Crippen molar-refractivity contribution in [1.29, 1.82) is 0 Å². The number of imidazole rings is 1. The number of nitrogens with one attached hydrogen (secondary N) is 1. The minimum atomic E-state index is -0.0543. The van der Waals surface area contributed by atoms with Crippen LogP contribution < -0.4 is 14.8 Å². The van der Waals surface area contributed by atoms with Crippen molar-refractivity contribution in [3.63, 3.8) is 0 Å². The zero-order valence-electron chi connectivity index (χ0n) is 17.4. The van der Waals surface area contributed by atoms with Gasteiger partial charge >= 0.3 is 0 Å². The molecule has 0 unspecified atom stereocenters. The minimum absolute atomic E-state index is 0.0543. The summed E-state index contributed by atoms with van der Waals surface area (Å²) < 4.78 is 12.8. The fourth-order valence-corrected chi connectivity index (χ4v) is 4.33. The van der Waals surface area contributed by atoms with Crippen molar-refractivity contribution < 1.29 is 14.3 Å². The number of amides is 1. The molecule has 2 aromatic heterocycles. The van der Waals surface area contributed by atoms with E-state index in [9.17, 15) is 4.79 Å². The molecule has 0 aliphatic rings. The van der Waals surface area contributed by atoms with Crippen LogP contribution in [0.15, 0.2) is 48.0 Å². The van der Waals surface area contributed by atoms with Crippen LogP contribution in [0.2, 0.25) is 0 Å². The van der Waals surface area contributed by atoms with E-state index in [2.05, 4.69) is 5.32 Å². The predicted octanol–water partition coefficient (Wildman–Crippen LogP) is 4.88. The zero-order chi connectivity index (χ0) is 21.3. The standard InChI is InChI=1S/C23H23N3O3S/c1-14-6-5-7-15(2)22(14)25-21(27)10-16-13-30-23-24-19(12-26(16)23)18-11-17(28-3)8-9-20(18)29-4/h5-9,11-13H,10H2,1-4H3,(H,25,27). The quantitative estimate of drug-likeness (QED) is 0.482. The first-order chi connectivity index (χ1) is 14.5. The SMILES string of the molecule is COc1ccc(OC)c(-c2cn3c(CC(=O)Nc4c(C)cccc4C)csc3n2)c1. The molecule has 1 amide bonds. The molecular formula is C23H23N3O3S. The second kappa shape index (κ2) is 8.20. The minimum Gasteiger partial charge on any atom is -0.497 e. The fraction of sp³-hybridized carbons (Fsp3) is 0.217. The first-order valence-corrected chi connectivity index (χ1v) is 10.4. The zero-order valence-corrected chi connectivity index (χ0v) is 18.2. The lowest BCUT2D eigenvalue weighted by Crippen LogP contribution is -2.16. The highest BCUT2D eigenvalue weighted by Gasteiger charge is 2.16. The highest BCUT2D eigenvalue weighted by Crippen LogP contribution is 2.34. The van der Waals surface area contributed by atoms with Crippen LogP contribution in [0.3, 0.4) is 0 Å². The third-order valence-corrected chi connectivity index (χ3v) is 5.94. The van der Waals surface area contributed by atoms with Crippen molar-refractivity contribution >= 4 is 27.9 Å². The number of rotatable bonds is 6. The molecule has 0 spiro atoms. The highest BCUT2D eigenvalue weighted by molar-refractivity contribution is 7.15. The summed E-state index contributed by atoms with van der Waals surface area (Å²) in [5.41, 5.74) is 5.48. The molecule has 4 aromatic rings. The lowest BCUT2D eigenvalue weighted by Gasteiger charge is -2.11. The summed E-state index contributed by atoms with van der Waals surface area (Å²) >= 11 is 1.51. The number of nitrogens with zero attached hydrogens (tertiary/aromatic N) is 2. The summed E-state index contributed by atoms with van der Waals surface area (Å²) in [7, 11) is 3.26. The van der Waals surface area contributed by atoms with Gasteiger partial charge in [-0.15, -0.1) is 11.3 Å². The summed E-state index contributed by atoms with van der Waals surface area (Å²) in [5.74, 6) is 1.40. The smallest absolute Gasteiger partial charge is 0.230 e.